The number of carbonyl (C=O) groups excluding carboxylic acids is 1. The molecular formula is C16H16N2O. The maximum absolute atomic E-state index is 11.7. The summed E-state index contributed by atoms with van der Waals surface area (Å²) in [6, 6.07) is 8.35. The summed E-state index contributed by atoms with van der Waals surface area (Å²) in [6.45, 7) is 2.12. The number of fused-ring (bicyclic) bond motifs is 1. The van der Waals surface area contributed by atoms with Crippen molar-refractivity contribution >= 4 is 11.6 Å². The van der Waals surface area contributed by atoms with E-state index in [0.717, 1.165) is 28.8 Å². The van der Waals surface area contributed by atoms with E-state index in [0.29, 0.717) is 6.42 Å². The molecule has 0 saturated heterocycles. The van der Waals surface area contributed by atoms with Crippen LogP contribution in [0.2, 0.25) is 0 Å². The molecule has 3 heteroatoms. The van der Waals surface area contributed by atoms with Crippen molar-refractivity contribution in [1.82, 2.24) is 4.98 Å². The lowest BCUT2D eigenvalue weighted by atomic mass is 10.0. The van der Waals surface area contributed by atoms with Crippen molar-refractivity contribution in [3.63, 3.8) is 0 Å². The zero-order valence-electron chi connectivity index (χ0n) is 11.2. The van der Waals surface area contributed by atoms with E-state index < -0.39 is 0 Å². The van der Waals surface area contributed by atoms with Gasteiger partial charge in [0.1, 0.15) is 0 Å². The first-order valence-corrected chi connectivity index (χ1v) is 6.53. The maximum atomic E-state index is 11.7. The van der Waals surface area contributed by atoms with Crippen molar-refractivity contribution in [1.29, 1.82) is 0 Å². The first kappa shape index (κ1) is 11.9. The maximum Gasteiger partial charge on any atom is 0.231 e. The molecule has 1 aliphatic rings. The molecule has 0 N–H and O–H groups in total. The molecule has 0 fully saturated rings. The van der Waals surface area contributed by atoms with Crippen molar-refractivity contribution in [2.45, 2.75) is 19.8 Å². The number of anilines is 1. The minimum absolute atomic E-state index is 0.160. The van der Waals surface area contributed by atoms with Gasteiger partial charge in [0.2, 0.25) is 5.91 Å². The second kappa shape index (κ2) is 4.50. The molecule has 0 aliphatic carbocycles. The van der Waals surface area contributed by atoms with Gasteiger partial charge in [0.05, 0.1) is 6.42 Å². The van der Waals surface area contributed by atoms with Crippen LogP contribution in [0.5, 0.6) is 0 Å². The Kier molecular flexibility index (Phi) is 2.82. The summed E-state index contributed by atoms with van der Waals surface area (Å²) in [7, 11) is 1.83. The average Bonchev–Trinajstić information content (AvgIpc) is 2.73. The Balaban J connectivity index is 2.03. The van der Waals surface area contributed by atoms with E-state index in [9.17, 15) is 4.79 Å². The topological polar surface area (TPSA) is 33.2 Å². The van der Waals surface area contributed by atoms with Gasteiger partial charge in [0.25, 0.3) is 0 Å². The van der Waals surface area contributed by atoms with Crippen LogP contribution >= 0.6 is 0 Å². The van der Waals surface area contributed by atoms with Crippen molar-refractivity contribution in [3.05, 3.63) is 47.8 Å². The number of nitrogens with zero attached hydrogens (tertiary/aromatic N) is 2. The first-order valence-electron chi connectivity index (χ1n) is 6.53. The fourth-order valence-electron chi connectivity index (χ4n) is 2.49. The van der Waals surface area contributed by atoms with Crippen molar-refractivity contribution in [2.24, 2.45) is 0 Å². The third-order valence-corrected chi connectivity index (χ3v) is 3.69. The van der Waals surface area contributed by atoms with E-state index in [1.807, 2.05) is 25.5 Å². The number of aryl methyl sites for hydroxylation is 1. The predicted molar refractivity (Wildman–Crippen MR) is 76.2 cm³/mol. The molecule has 0 atom stereocenters. The molecule has 1 aromatic heterocycles. The number of carbonyl (C=O) groups is 1. The molecule has 1 aliphatic heterocycles. The number of rotatable bonds is 2. The van der Waals surface area contributed by atoms with Gasteiger partial charge < -0.3 is 4.90 Å². The van der Waals surface area contributed by atoms with E-state index >= 15 is 0 Å². The van der Waals surface area contributed by atoms with Crippen LogP contribution < -0.4 is 4.90 Å². The lowest BCUT2D eigenvalue weighted by Gasteiger charge is -2.10. The predicted octanol–water partition coefficient (Wildman–Crippen LogP) is 2.83. The Morgan fingerprint density at radius 1 is 1.21 bits per heavy atom. The van der Waals surface area contributed by atoms with Crippen molar-refractivity contribution < 1.29 is 4.79 Å². The average molecular weight is 252 g/mol. The van der Waals surface area contributed by atoms with Gasteiger partial charge in [-0.15, -0.1) is 0 Å². The van der Waals surface area contributed by atoms with E-state index in [4.69, 9.17) is 0 Å². The standard InChI is InChI=1S/C16H16N2O/c1-3-11-6-14(10-17-9-11)12-4-5-15-13(7-12)8-16(19)18(15)2/h4-7,9-10H,3,8H2,1-2H3. The van der Waals surface area contributed by atoms with Crippen LogP contribution in [-0.2, 0) is 17.6 Å². The zero-order valence-corrected chi connectivity index (χ0v) is 11.2. The van der Waals surface area contributed by atoms with Crippen LogP contribution in [0.4, 0.5) is 5.69 Å². The lowest BCUT2D eigenvalue weighted by molar-refractivity contribution is -0.117. The van der Waals surface area contributed by atoms with Gasteiger partial charge in [-0.3, -0.25) is 9.78 Å². The first-order chi connectivity index (χ1) is 9.19. The van der Waals surface area contributed by atoms with Crippen LogP contribution in [0, 0.1) is 0 Å². The molecule has 2 heterocycles. The second-order valence-electron chi connectivity index (χ2n) is 4.91. The van der Waals surface area contributed by atoms with Gasteiger partial charge in [-0.2, -0.15) is 0 Å². The third kappa shape index (κ3) is 2.01. The van der Waals surface area contributed by atoms with Crippen LogP contribution in [0.1, 0.15) is 18.1 Å². The van der Waals surface area contributed by atoms with Crippen LogP contribution in [-0.4, -0.2) is 17.9 Å². The number of hydrogen-bond donors (Lipinski definition) is 0. The molecule has 2 aromatic rings. The molecule has 0 bridgehead atoms. The van der Waals surface area contributed by atoms with Gasteiger partial charge >= 0.3 is 0 Å². The second-order valence-corrected chi connectivity index (χ2v) is 4.91. The Morgan fingerprint density at radius 2 is 2.05 bits per heavy atom. The van der Waals surface area contributed by atoms with Crippen molar-refractivity contribution in [2.75, 3.05) is 11.9 Å². The SMILES string of the molecule is CCc1cncc(-c2ccc3c(c2)CC(=O)N3C)c1. The largest absolute Gasteiger partial charge is 0.315 e. The molecule has 3 rings (SSSR count). The highest BCUT2D eigenvalue weighted by molar-refractivity contribution is 6.01. The van der Waals surface area contributed by atoms with Gasteiger partial charge in [-0.05, 0) is 41.3 Å². The molecule has 3 nitrogen and oxygen atoms in total. The molecule has 19 heavy (non-hydrogen) atoms. The summed E-state index contributed by atoms with van der Waals surface area (Å²) in [5.74, 6) is 0.160. The monoisotopic (exact) mass is 252 g/mol. The van der Waals surface area contributed by atoms with Crippen LogP contribution in [0.15, 0.2) is 36.7 Å². The van der Waals surface area contributed by atoms with Gasteiger partial charge in [0.15, 0.2) is 0 Å². The summed E-state index contributed by atoms with van der Waals surface area (Å²) in [6.07, 6.45) is 5.25. The number of pyridine rings is 1. The Labute approximate surface area is 112 Å². The zero-order chi connectivity index (χ0) is 13.4. The molecule has 0 spiro atoms. The minimum atomic E-state index is 0.160. The number of benzene rings is 1. The smallest absolute Gasteiger partial charge is 0.231 e. The Bertz CT molecular complexity index is 649. The van der Waals surface area contributed by atoms with E-state index in [1.54, 1.807) is 4.90 Å². The van der Waals surface area contributed by atoms with Gasteiger partial charge in [-0.1, -0.05) is 13.0 Å². The summed E-state index contributed by atoms with van der Waals surface area (Å²) in [5, 5.41) is 0. The number of hydrogen-bond acceptors (Lipinski definition) is 2. The van der Waals surface area contributed by atoms with Crippen LogP contribution in [0.25, 0.3) is 11.1 Å². The summed E-state index contributed by atoms with van der Waals surface area (Å²) >= 11 is 0. The Hall–Kier alpha value is -2.16. The fraction of sp³-hybridized carbons (Fsp3) is 0.250. The van der Waals surface area contributed by atoms with Gasteiger partial charge in [0, 0.05) is 30.7 Å². The van der Waals surface area contributed by atoms with E-state index in [2.05, 4.69) is 30.1 Å². The molecule has 0 unspecified atom stereocenters. The molecule has 96 valence electrons. The number of amides is 1. The molecule has 0 saturated carbocycles. The molecule has 1 aromatic carbocycles. The number of likely N-dealkylation sites (N-methyl/N-ethyl adjacent to an activating group) is 1. The Morgan fingerprint density at radius 3 is 2.84 bits per heavy atom. The highest BCUT2D eigenvalue weighted by Gasteiger charge is 2.23. The van der Waals surface area contributed by atoms with E-state index in [-0.39, 0.29) is 5.91 Å². The normalized spacial score (nSPS) is 13.8. The summed E-state index contributed by atoms with van der Waals surface area (Å²) < 4.78 is 0. The van der Waals surface area contributed by atoms with Gasteiger partial charge in [-0.25, -0.2) is 0 Å². The fourth-order valence-corrected chi connectivity index (χ4v) is 2.49. The lowest BCUT2D eigenvalue weighted by Crippen LogP contribution is -2.20. The van der Waals surface area contributed by atoms with E-state index in [1.165, 1.54) is 5.56 Å². The summed E-state index contributed by atoms with van der Waals surface area (Å²) in [5.41, 5.74) is 5.60. The van der Waals surface area contributed by atoms with Crippen LogP contribution in [0.3, 0.4) is 0 Å². The number of aromatic nitrogens is 1. The molecular weight excluding hydrogens is 236 g/mol. The van der Waals surface area contributed by atoms with Crippen molar-refractivity contribution in [3.8, 4) is 11.1 Å². The summed E-state index contributed by atoms with van der Waals surface area (Å²) in [4.78, 5) is 17.7. The third-order valence-electron chi connectivity index (χ3n) is 3.69. The molecule has 0 radical (unpaired) electrons. The minimum Gasteiger partial charge on any atom is -0.315 e. The highest BCUT2D eigenvalue weighted by Crippen LogP contribution is 2.31. The highest BCUT2D eigenvalue weighted by atomic mass is 16.2. The molecule has 1 amide bonds. The quantitative estimate of drug-likeness (QED) is 0.823.